The molecule has 0 aromatic carbocycles. The predicted octanol–water partition coefficient (Wildman–Crippen LogP) is 3.53. The number of thiophene rings is 1. The number of hydrogen-bond donors (Lipinski definition) is 0. The average molecular weight is 218 g/mol. The summed E-state index contributed by atoms with van der Waals surface area (Å²) in [6.45, 7) is 0. The van der Waals surface area contributed by atoms with Crippen molar-refractivity contribution in [2.24, 2.45) is 5.92 Å². The van der Waals surface area contributed by atoms with E-state index in [1.807, 2.05) is 6.08 Å². The number of carbonyl (C=O) groups excluding carboxylic acids is 1. The molecule has 1 aromatic rings. The molecule has 1 fully saturated rings. The molecule has 15 heavy (non-hydrogen) atoms. The van der Waals surface area contributed by atoms with Gasteiger partial charge in [0.25, 0.3) is 0 Å². The lowest BCUT2D eigenvalue weighted by atomic mass is 9.78. The van der Waals surface area contributed by atoms with Gasteiger partial charge in [-0.15, -0.1) is 0 Å². The SMILES string of the molecule is O=C1C=C2CCCC[C@H]2[C@@H]1c1ccsc1. The Labute approximate surface area is 93.8 Å². The number of carbonyl (C=O) groups is 1. The Bertz CT molecular complexity index is 402. The van der Waals surface area contributed by atoms with Gasteiger partial charge in [-0.25, -0.2) is 0 Å². The molecular weight excluding hydrogens is 204 g/mol. The molecule has 0 unspecified atom stereocenters. The van der Waals surface area contributed by atoms with Crippen LogP contribution in [0.25, 0.3) is 0 Å². The van der Waals surface area contributed by atoms with E-state index < -0.39 is 0 Å². The minimum atomic E-state index is 0.159. The van der Waals surface area contributed by atoms with Crippen LogP contribution in [-0.4, -0.2) is 5.78 Å². The van der Waals surface area contributed by atoms with E-state index in [0.717, 1.165) is 6.42 Å². The van der Waals surface area contributed by atoms with Crippen molar-refractivity contribution < 1.29 is 4.79 Å². The molecule has 0 aliphatic heterocycles. The van der Waals surface area contributed by atoms with Gasteiger partial charge in [-0.1, -0.05) is 12.0 Å². The van der Waals surface area contributed by atoms with Crippen molar-refractivity contribution in [3.63, 3.8) is 0 Å². The topological polar surface area (TPSA) is 17.1 Å². The first kappa shape index (κ1) is 9.34. The van der Waals surface area contributed by atoms with Crippen molar-refractivity contribution in [3.05, 3.63) is 34.0 Å². The maximum atomic E-state index is 12.0. The molecule has 0 bridgehead atoms. The molecule has 1 saturated carbocycles. The molecule has 1 heterocycles. The Hall–Kier alpha value is -0.890. The molecule has 78 valence electrons. The first-order valence-corrected chi connectivity index (χ1v) is 6.57. The Balaban J connectivity index is 1.95. The van der Waals surface area contributed by atoms with Crippen LogP contribution in [0, 0.1) is 5.92 Å². The normalized spacial score (nSPS) is 30.1. The van der Waals surface area contributed by atoms with Crippen molar-refractivity contribution in [2.45, 2.75) is 31.6 Å². The third-order valence-electron chi connectivity index (χ3n) is 3.65. The van der Waals surface area contributed by atoms with Gasteiger partial charge < -0.3 is 0 Å². The van der Waals surface area contributed by atoms with Crippen molar-refractivity contribution >= 4 is 17.1 Å². The van der Waals surface area contributed by atoms with E-state index in [1.54, 1.807) is 11.3 Å². The summed E-state index contributed by atoms with van der Waals surface area (Å²) in [7, 11) is 0. The van der Waals surface area contributed by atoms with Crippen LogP contribution >= 0.6 is 11.3 Å². The van der Waals surface area contributed by atoms with Crippen LogP contribution in [-0.2, 0) is 4.79 Å². The van der Waals surface area contributed by atoms with Crippen molar-refractivity contribution in [2.75, 3.05) is 0 Å². The minimum Gasteiger partial charge on any atom is -0.294 e. The van der Waals surface area contributed by atoms with E-state index in [4.69, 9.17) is 0 Å². The van der Waals surface area contributed by atoms with E-state index >= 15 is 0 Å². The van der Waals surface area contributed by atoms with Gasteiger partial charge in [0, 0.05) is 0 Å². The molecule has 0 radical (unpaired) electrons. The van der Waals surface area contributed by atoms with E-state index in [0.29, 0.717) is 11.7 Å². The third-order valence-corrected chi connectivity index (χ3v) is 4.35. The highest BCUT2D eigenvalue weighted by Crippen LogP contribution is 2.45. The Morgan fingerprint density at radius 2 is 2.27 bits per heavy atom. The molecule has 2 atom stereocenters. The van der Waals surface area contributed by atoms with E-state index in [1.165, 1.54) is 30.4 Å². The molecule has 1 aromatic heterocycles. The molecule has 0 saturated heterocycles. The summed E-state index contributed by atoms with van der Waals surface area (Å²) < 4.78 is 0. The van der Waals surface area contributed by atoms with Gasteiger partial charge in [0.05, 0.1) is 5.92 Å². The second-order valence-corrected chi connectivity index (χ2v) is 5.29. The first-order chi connectivity index (χ1) is 7.36. The summed E-state index contributed by atoms with van der Waals surface area (Å²) in [6, 6.07) is 2.11. The lowest BCUT2D eigenvalue weighted by molar-refractivity contribution is -0.116. The molecule has 0 spiro atoms. The number of allylic oxidation sites excluding steroid dienone is 2. The van der Waals surface area contributed by atoms with Gasteiger partial charge in [0.15, 0.2) is 5.78 Å². The summed E-state index contributed by atoms with van der Waals surface area (Å²) in [6.07, 6.45) is 6.84. The molecule has 0 N–H and O–H groups in total. The molecule has 2 heteroatoms. The summed E-state index contributed by atoms with van der Waals surface area (Å²) >= 11 is 1.69. The maximum absolute atomic E-state index is 12.0. The monoisotopic (exact) mass is 218 g/mol. The van der Waals surface area contributed by atoms with E-state index in [-0.39, 0.29) is 5.92 Å². The fourth-order valence-corrected chi connectivity index (χ4v) is 3.64. The summed E-state index contributed by atoms with van der Waals surface area (Å²) in [5, 5.41) is 4.21. The van der Waals surface area contributed by atoms with Gasteiger partial charge in [0.2, 0.25) is 0 Å². The Morgan fingerprint density at radius 3 is 3.07 bits per heavy atom. The van der Waals surface area contributed by atoms with Gasteiger partial charge in [0.1, 0.15) is 0 Å². The van der Waals surface area contributed by atoms with Crippen LogP contribution in [0.2, 0.25) is 0 Å². The van der Waals surface area contributed by atoms with Crippen LogP contribution in [0.15, 0.2) is 28.5 Å². The van der Waals surface area contributed by atoms with Crippen LogP contribution < -0.4 is 0 Å². The van der Waals surface area contributed by atoms with Gasteiger partial charge in [-0.2, -0.15) is 11.3 Å². The number of rotatable bonds is 1. The molecule has 2 aliphatic carbocycles. The smallest absolute Gasteiger partial charge is 0.163 e. The van der Waals surface area contributed by atoms with E-state index in [2.05, 4.69) is 16.8 Å². The van der Waals surface area contributed by atoms with Crippen LogP contribution in [0.5, 0.6) is 0 Å². The third kappa shape index (κ3) is 1.48. The molecular formula is C13H14OS. The molecule has 0 amide bonds. The molecule has 1 nitrogen and oxygen atoms in total. The van der Waals surface area contributed by atoms with E-state index in [9.17, 15) is 4.79 Å². The summed E-state index contributed by atoms with van der Waals surface area (Å²) in [5.74, 6) is 1.03. The first-order valence-electron chi connectivity index (χ1n) is 5.62. The standard InChI is InChI=1S/C13H14OS/c14-12-7-9-3-1-2-4-11(9)13(12)10-5-6-15-8-10/h5-8,11,13H,1-4H2/t11-,13+/m1/s1. The maximum Gasteiger partial charge on any atom is 0.163 e. The fourth-order valence-electron chi connectivity index (χ4n) is 2.94. The zero-order chi connectivity index (χ0) is 10.3. The fraction of sp³-hybridized carbons (Fsp3) is 0.462. The molecule has 2 aliphatic rings. The van der Waals surface area contributed by atoms with Crippen molar-refractivity contribution in [3.8, 4) is 0 Å². The Morgan fingerprint density at radius 1 is 1.33 bits per heavy atom. The zero-order valence-corrected chi connectivity index (χ0v) is 9.43. The molecule has 3 rings (SSSR count). The highest BCUT2D eigenvalue weighted by molar-refractivity contribution is 7.08. The number of hydrogen-bond acceptors (Lipinski definition) is 2. The highest BCUT2D eigenvalue weighted by atomic mass is 32.1. The predicted molar refractivity (Wildman–Crippen MR) is 62.1 cm³/mol. The van der Waals surface area contributed by atoms with Crippen molar-refractivity contribution in [1.29, 1.82) is 0 Å². The van der Waals surface area contributed by atoms with Gasteiger partial charge in [-0.05, 0) is 53.6 Å². The van der Waals surface area contributed by atoms with Crippen LogP contribution in [0.1, 0.15) is 37.2 Å². The summed E-state index contributed by atoms with van der Waals surface area (Å²) in [5.41, 5.74) is 2.66. The largest absolute Gasteiger partial charge is 0.294 e. The number of ketones is 1. The average Bonchev–Trinajstić information content (AvgIpc) is 2.82. The zero-order valence-electron chi connectivity index (χ0n) is 8.61. The van der Waals surface area contributed by atoms with Gasteiger partial charge in [-0.3, -0.25) is 4.79 Å². The number of fused-ring (bicyclic) bond motifs is 1. The Kier molecular flexibility index (Phi) is 2.24. The lowest BCUT2D eigenvalue weighted by Gasteiger charge is -2.25. The second-order valence-electron chi connectivity index (χ2n) is 4.51. The second kappa shape index (κ2) is 3.60. The van der Waals surface area contributed by atoms with Crippen LogP contribution in [0.4, 0.5) is 0 Å². The minimum absolute atomic E-state index is 0.159. The highest BCUT2D eigenvalue weighted by Gasteiger charge is 2.37. The van der Waals surface area contributed by atoms with Crippen LogP contribution in [0.3, 0.4) is 0 Å². The lowest BCUT2D eigenvalue weighted by Crippen LogP contribution is -2.17. The summed E-state index contributed by atoms with van der Waals surface area (Å²) in [4.78, 5) is 12.0. The van der Waals surface area contributed by atoms with Gasteiger partial charge >= 0.3 is 0 Å². The quantitative estimate of drug-likeness (QED) is 0.704. The van der Waals surface area contributed by atoms with Crippen molar-refractivity contribution in [1.82, 2.24) is 0 Å².